The van der Waals surface area contributed by atoms with Crippen LogP contribution in [-0.4, -0.2) is 52.2 Å². The van der Waals surface area contributed by atoms with Crippen molar-refractivity contribution in [1.82, 2.24) is 20.1 Å². The number of amides is 1. The van der Waals surface area contributed by atoms with Gasteiger partial charge in [-0.2, -0.15) is 5.10 Å². The monoisotopic (exact) mass is 428 g/mol. The zero-order chi connectivity index (χ0) is 21.6. The highest BCUT2D eigenvalue weighted by atomic mass is 19.2. The number of carbonyl (C=O) groups excluding carboxylic acids is 1. The zero-order valence-electron chi connectivity index (χ0n) is 16.7. The second kappa shape index (κ2) is 9.52. The maximum atomic E-state index is 13.4. The highest BCUT2D eigenvalue weighted by molar-refractivity contribution is 6.06. The molecule has 1 saturated heterocycles. The van der Waals surface area contributed by atoms with Crippen molar-refractivity contribution in [3.05, 3.63) is 60.1 Å². The number of nitrogens with zero attached hydrogens (tertiary/aromatic N) is 3. The average Bonchev–Trinajstić information content (AvgIpc) is 3.44. The van der Waals surface area contributed by atoms with Gasteiger partial charge in [-0.05, 0) is 44.1 Å². The van der Waals surface area contributed by atoms with Crippen LogP contribution in [0.5, 0.6) is 5.88 Å². The second-order valence-electron chi connectivity index (χ2n) is 7.15. The molecule has 1 aliphatic rings. The molecule has 0 spiro atoms. The van der Waals surface area contributed by atoms with Crippen LogP contribution in [0.3, 0.4) is 0 Å². The Bertz CT molecular complexity index is 1030. The molecule has 0 radical (unpaired) electrons. The van der Waals surface area contributed by atoms with Gasteiger partial charge < -0.3 is 15.4 Å². The smallest absolute Gasteiger partial charge is 0.275 e. The molecule has 0 aliphatic carbocycles. The van der Waals surface area contributed by atoms with E-state index in [0.29, 0.717) is 23.9 Å². The number of aromatic amines is 1. The van der Waals surface area contributed by atoms with E-state index in [4.69, 9.17) is 4.74 Å². The molecule has 3 N–H and O–H groups in total. The van der Waals surface area contributed by atoms with Crippen LogP contribution >= 0.6 is 0 Å². The number of likely N-dealkylation sites (tertiary alicyclic amines) is 1. The molecule has 1 fully saturated rings. The van der Waals surface area contributed by atoms with Crippen molar-refractivity contribution in [1.29, 1.82) is 0 Å². The van der Waals surface area contributed by atoms with E-state index in [1.54, 1.807) is 12.1 Å². The molecular weight excluding hydrogens is 406 g/mol. The van der Waals surface area contributed by atoms with Gasteiger partial charge in [0.1, 0.15) is 12.3 Å². The second-order valence-corrected chi connectivity index (χ2v) is 7.15. The van der Waals surface area contributed by atoms with Gasteiger partial charge in [0.15, 0.2) is 11.6 Å². The predicted molar refractivity (Wildman–Crippen MR) is 112 cm³/mol. The molecular formula is C21H22F2N6O2. The fourth-order valence-electron chi connectivity index (χ4n) is 3.30. The summed E-state index contributed by atoms with van der Waals surface area (Å²) < 4.78 is 32.2. The highest BCUT2D eigenvalue weighted by Crippen LogP contribution is 2.22. The van der Waals surface area contributed by atoms with Crippen molar-refractivity contribution in [2.75, 3.05) is 36.9 Å². The maximum absolute atomic E-state index is 13.4. The molecule has 3 heterocycles. The quantitative estimate of drug-likeness (QED) is 0.508. The maximum Gasteiger partial charge on any atom is 0.275 e. The molecule has 1 aliphatic heterocycles. The molecule has 0 atom stereocenters. The van der Waals surface area contributed by atoms with Crippen LogP contribution < -0.4 is 15.4 Å². The lowest BCUT2D eigenvalue weighted by Gasteiger charge is -2.14. The highest BCUT2D eigenvalue weighted by Gasteiger charge is 2.16. The Morgan fingerprint density at radius 2 is 1.90 bits per heavy atom. The number of hydrogen-bond donors (Lipinski definition) is 3. The summed E-state index contributed by atoms with van der Waals surface area (Å²) in [6, 6.07) is 6.73. The number of nitrogens with one attached hydrogen (secondary N) is 3. The van der Waals surface area contributed by atoms with Gasteiger partial charge in [-0.25, -0.2) is 13.8 Å². The molecule has 10 heteroatoms. The molecule has 8 nitrogen and oxygen atoms in total. The van der Waals surface area contributed by atoms with Gasteiger partial charge in [0, 0.05) is 24.4 Å². The first-order chi connectivity index (χ1) is 15.1. The van der Waals surface area contributed by atoms with Gasteiger partial charge in [0.2, 0.25) is 5.88 Å². The lowest BCUT2D eigenvalue weighted by Crippen LogP contribution is -2.25. The summed E-state index contributed by atoms with van der Waals surface area (Å²) in [6.07, 6.45) is 5.36. The van der Waals surface area contributed by atoms with Crippen LogP contribution in [0.2, 0.25) is 0 Å². The van der Waals surface area contributed by atoms with Crippen LogP contribution in [0.1, 0.15) is 23.3 Å². The summed E-state index contributed by atoms with van der Waals surface area (Å²) in [5.41, 5.74) is 1.21. The number of ether oxygens (including phenoxy) is 1. The number of anilines is 3. The topological polar surface area (TPSA) is 95.2 Å². The summed E-state index contributed by atoms with van der Waals surface area (Å²) in [5.74, 6) is -1.92. The van der Waals surface area contributed by atoms with E-state index in [1.807, 2.05) is 0 Å². The molecule has 0 saturated carbocycles. The van der Waals surface area contributed by atoms with Crippen molar-refractivity contribution >= 4 is 23.0 Å². The first-order valence-corrected chi connectivity index (χ1v) is 9.96. The van der Waals surface area contributed by atoms with E-state index >= 15 is 0 Å². The largest absolute Gasteiger partial charge is 0.476 e. The van der Waals surface area contributed by atoms with Crippen LogP contribution in [-0.2, 0) is 0 Å². The molecule has 3 aromatic rings. The number of benzene rings is 1. The molecule has 1 aromatic carbocycles. The van der Waals surface area contributed by atoms with E-state index in [-0.39, 0.29) is 11.4 Å². The van der Waals surface area contributed by atoms with Gasteiger partial charge in [-0.3, -0.25) is 14.8 Å². The summed E-state index contributed by atoms with van der Waals surface area (Å²) in [6.45, 7) is 3.66. The van der Waals surface area contributed by atoms with Gasteiger partial charge in [-0.1, -0.05) is 0 Å². The Labute approximate surface area is 177 Å². The van der Waals surface area contributed by atoms with Crippen molar-refractivity contribution in [2.24, 2.45) is 0 Å². The molecule has 4 rings (SSSR count). The first-order valence-electron chi connectivity index (χ1n) is 9.96. The number of halogens is 2. The van der Waals surface area contributed by atoms with Gasteiger partial charge in [0.25, 0.3) is 5.91 Å². The molecule has 31 heavy (non-hydrogen) atoms. The fraction of sp³-hybridized carbons (Fsp3) is 0.286. The van der Waals surface area contributed by atoms with E-state index in [0.717, 1.165) is 31.8 Å². The number of H-pyrrole nitrogens is 1. The van der Waals surface area contributed by atoms with Crippen molar-refractivity contribution in [3.63, 3.8) is 0 Å². The third-order valence-electron chi connectivity index (χ3n) is 4.92. The van der Waals surface area contributed by atoms with Gasteiger partial charge >= 0.3 is 0 Å². The first kappa shape index (κ1) is 20.7. The van der Waals surface area contributed by atoms with Crippen LogP contribution in [0.15, 0.2) is 42.7 Å². The van der Waals surface area contributed by atoms with E-state index < -0.39 is 17.5 Å². The summed E-state index contributed by atoms with van der Waals surface area (Å²) in [7, 11) is 0. The number of aromatic nitrogens is 3. The summed E-state index contributed by atoms with van der Waals surface area (Å²) in [4.78, 5) is 19.2. The van der Waals surface area contributed by atoms with Crippen molar-refractivity contribution in [3.8, 4) is 5.88 Å². The van der Waals surface area contributed by atoms with E-state index in [2.05, 4.69) is 30.7 Å². The Morgan fingerprint density at radius 1 is 1.10 bits per heavy atom. The lowest BCUT2D eigenvalue weighted by molar-refractivity contribution is 0.102. The van der Waals surface area contributed by atoms with E-state index in [1.165, 1.54) is 31.3 Å². The van der Waals surface area contributed by atoms with Gasteiger partial charge in [0.05, 0.1) is 23.8 Å². The van der Waals surface area contributed by atoms with Crippen molar-refractivity contribution in [2.45, 2.75) is 12.8 Å². The minimum absolute atomic E-state index is 0.135. The third-order valence-corrected chi connectivity index (χ3v) is 4.92. The Balaban J connectivity index is 1.33. The normalized spacial score (nSPS) is 13.9. The van der Waals surface area contributed by atoms with Crippen LogP contribution in [0.25, 0.3) is 0 Å². The SMILES string of the molecule is O=C(Nc1ccc(OCCN2CCCC2)nc1)c1[nH]ncc1Nc1ccc(F)c(F)c1. The number of hydrogen-bond acceptors (Lipinski definition) is 6. The summed E-state index contributed by atoms with van der Waals surface area (Å²) >= 11 is 0. The minimum Gasteiger partial charge on any atom is -0.476 e. The third kappa shape index (κ3) is 5.34. The zero-order valence-corrected chi connectivity index (χ0v) is 16.7. The summed E-state index contributed by atoms with van der Waals surface area (Å²) in [5, 5.41) is 12.0. The van der Waals surface area contributed by atoms with E-state index in [9.17, 15) is 13.6 Å². The Morgan fingerprint density at radius 3 is 2.65 bits per heavy atom. The molecule has 162 valence electrons. The Hall–Kier alpha value is -3.53. The predicted octanol–water partition coefficient (Wildman–Crippen LogP) is 3.55. The van der Waals surface area contributed by atoms with Crippen LogP contribution in [0.4, 0.5) is 25.8 Å². The fourth-order valence-corrected chi connectivity index (χ4v) is 3.30. The molecule has 0 unspecified atom stereocenters. The van der Waals surface area contributed by atoms with Crippen molar-refractivity contribution < 1.29 is 18.3 Å². The van der Waals surface area contributed by atoms with Gasteiger partial charge in [-0.15, -0.1) is 0 Å². The average molecular weight is 428 g/mol. The minimum atomic E-state index is -0.992. The molecule has 0 bridgehead atoms. The lowest BCUT2D eigenvalue weighted by atomic mass is 10.2. The number of carbonyl (C=O) groups is 1. The number of rotatable bonds is 8. The van der Waals surface area contributed by atoms with Crippen LogP contribution in [0, 0.1) is 11.6 Å². The molecule has 1 amide bonds. The number of pyridine rings is 1. The standard InChI is InChI=1S/C21H22F2N6O2/c22-16-5-3-14(11-17(16)23)26-18-13-25-28-20(18)21(30)27-15-4-6-19(24-12-15)31-10-9-29-7-1-2-8-29/h3-6,11-13,26H,1-2,7-10H2,(H,25,28)(H,27,30). The molecule has 2 aromatic heterocycles. The Kier molecular flexibility index (Phi) is 6.37.